The first-order valence-corrected chi connectivity index (χ1v) is 10.5. The molecule has 0 unspecified atom stereocenters. The van der Waals surface area contributed by atoms with E-state index in [1.54, 1.807) is 43.5 Å². The minimum atomic E-state index is -3.69. The van der Waals surface area contributed by atoms with Gasteiger partial charge in [0.25, 0.3) is 15.9 Å². The normalized spacial score (nSPS) is 16.5. The number of benzene rings is 2. The monoisotopic (exact) mass is 386 g/mol. The van der Waals surface area contributed by atoms with E-state index in [0.29, 0.717) is 30.0 Å². The van der Waals surface area contributed by atoms with E-state index in [9.17, 15) is 13.2 Å². The lowest BCUT2D eigenvalue weighted by molar-refractivity contribution is 0.0792. The number of anilines is 1. The molecule has 27 heavy (non-hydrogen) atoms. The second-order valence-corrected chi connectivity index (χ2v) is 8.67. The van der Waals surface area contributed by atoms with Crippen molar-refractivity contribution in [3.63, 3.8) is 0 Å². The average molecular weight is 386 g/mol. The highest BCUT2D eigenvalue weighted by Crippen LogP contribution is 2.36. The van der Waals surface area contributed by atoms with Crippen molar-refractivity contribution in [1.29, 1.82) is 0 Å². The smallest absolute Gasteiger partial charge is 0.264 e. The van der Waals surface area contributed by atoms with E-state index >= 15 is 0 Å². The molecule has 2 aliphatic rings. The molecule has 1 fully saturated rings. The summed E-state index contributed by atoms with van der Waals surface area (Å²) in [5.41, 5.74) is 2.06. The maximum atomic E-state index is 13.1. The summed E-state index contributed by atoms with van der Waals surface area (Å²) in [6, 6.07) is 11.7. The fraction of sp³-hybridized carbons (Fsp3) is 0.350. The van der Waals surface area contributed by atoms with E-state index in [4.69, 9.17) is 4.74 Å². The molecule has 1 saturated heterocycles. The standard InChI is InChI=1S/C20H22N2O4S/c1-26-15-7-9-16(10-8-15)27(24,25)22-14-11-17-18(5-4-6-19(17)22)20(23)21-12-2-3-13-21/h4-10H,2-3,11-14H2,1H3. The Bertz CT molecular complexity index is 964. The Morgan fingerprint density at radius 2 is 1.70 bits per heavy atom. The molecule has 2 aliphatic heterocycles. The number of methoxy groups -OCH3 is 1. The van der Waals surface area contributed by atoms with Crippen LogP contribution in [0.15, 0.2) is 47.4 Å². The van der Waals surface area contributed by atoms with Crippen molar-refractivity contribution in [2.75, 3.05) is 31.0 Å². The summed E-state index contributed by atoms with van der Waals surface area (Å²) >= 11 is 0. The van der Waals surface area contributed by atoms with Gasteiger partial charge in [-0.15, -0.1) is 0 Å². The van der Waals surface area contributed by atoms with Crippen molar-refractivity contribution in [3.8, 4) is 5.75 Å². The van der Waals surface area contributed by atoms with Crippen LogP contribution in [0.1, 0.15) is 28.8 Å². The van der Waals surface area contributed by atoms with Crippen LogP contribution in [0.5, 0.6) is 5.75 Å². The molecule has 0 N–H and O–H groups in total. The Hall–Kier alpha value is -2.54. The van der Waals surface area contributed by atoms with Gasteiger partial charge < -0.3 is 9.64 Å². The fourth-order valence-electron chi connectivity index (χ4n) is 3.82. The molecule has 0 radical (unpaired) electrons. The van der Waals surface area contributed by atoms with Gasteiger partial charge in [-0.25, -0.2) is 8.42 Å². The van der Waals surface area contributed by atoms with Crippen LogP contribution in [0.4, 0.5) is 5.69 Å². The number of fused-ring (bicyclic) bond motifs is 1. The minimum absolute atomic E-state index is 0.00745. The topological polar surface area (TPSA) is 66.9 Å². The summed E-state index contributed by atoms with van der Waals surface area (Å²) < 4.78 is 32.8. The fourth-order valence-corrected chi connectivity index (χ4v) is 5.32. The summed E-state index contributed by atoms with van der Waals surface area (Å²) in [7, 11) is -2.14. The van der Waals surface area contributed by atoms with E-state index in [-0.39, 0.29) is 10.8 Å². The van der Waals surface area contributed by atoms with Crippen LogP contribution in [-0.4, -0.2) is 46.0 Å². The molecular weight excluding hydrogens is 364 g/mol. The molecule has 2 aromatic rings. The number of rotatable bonds is 4. The number of carbonyl (C=O) groups is 1. The molecule has 0 atom stereocenters. The number of amides is 1. The molecule has 7 heteroatoms. The van der Waals surface area contributed by atoms with Gasteiger partial charge in [0.1, 0.15) is 5.75 Å². The van der Waals surface area contributed by atoms with Gasteiger partial charge in [-0.2, -0.15) is 0 Å². The molecule has 1 amide bonds. The first kappa shape index (κ1) is 17.9. The van der Waals surface area contributed by atoms with Gasteiger partial charge in [0.15, 0.2) is 0 Å². The number of hydrogen-bond acceptors (Lipinski definition) is 4. The third kappa shape index (κ3) is 3.06. The second kappa shape index (κ2) is 6.88. The summed E-state index contributed by atoms with van der Waals surface area (Å²) in [5, 5.41) is 0. The predicted molar refractivity (Wildman–Crippen MR) is 103 cm³/mol. The molecule has 2 heterocycles. The zero-order valence-electron chi connectivity index (χ0n) is 15.2. The molecular formula is C20H22N2O4S. The molecule has 0 spiro atoms. The predicted octanol–water partition coefficient (Wildman–Crippen LogP) is 2.68. The third-order valence-corrected chi connectivity index (χ3v) is 7.08. The molecule has 0 aliphatic carbocycles. The van der Waals surface area contributed by atoms with Crippen molar-refractivity contribution < 1.29 is 17.9 Å². The average Bonchev–Trinajstić information content (AvgIpc) is 3.37. The third-order valence-electron chi connectivity index (χ3n) is 5.26. The van der Waals surface area contributed by atoms with Gasteiger partial charge in [0, 0.05) is 25.2 Å². The number of nitrogens with zero attached hydrogens (tertiary/aromatic N) is 2. The number of ether oxygens (including phenoxy) is 1. The van der Waals surface area contributed by atoms with E-state index in [0.717, 1.165) is 31.5 Å². The lowest BCUT2D eigenvalue weighted by Gasteiger charge is -2.21. The van der Waals surface area contributed by atoms with Crippen molar-refractivity contribution in [2.45, 2.75) is 24.2 Å². The molecule has 0 aromatic heterocycles. The van der Waals surface area contributed by atoms with Gasteiger partial charge in [-0.05, 0) is 61.2 Å². The first-order chi connectivity index (χ1) is 13.0. The van der Waals surface area contributed by atoms with Crippen LogP contribution in [0.3, 0.4) is 0 Å². The molecule has 0 bridgehead atoms. The Kier molecular flexibility index (Phi) is 4.55. The maximum Gasteiger partial charge on any atom is 0.264 e. The Balaban J connectivity index is 1.68. The van der Waals surface area contributed by atoms with Gasteiger partial charge in [-0.3, -0.25) is 9.10 Å². The second-order valence-electron chi connectivity index (χ2n) is 6.81. The van der Waals surface area contributed by atoms with E-state index in [1.807, 2.05) is 11.0 Å². The van der Waals surface area contributed by atoms with E-state index < -0.39 is 10.0 Å². The number of hydrogen-bond donors (Lipinski definition) is 0. The van der Waals surface area contributed by atoms with Crippen molar-refractivity contribution in [2.24, 2.45) is 0 Å². The zero-order valence-corrected chi connectivity index (χ0v) is 16.0. The highest BCUT2D eigenvalue weighted by atomic mass is 32.2. The minimum Gasteiger partial charge on any atom is -0.497 e. The van der Waals surface area contributed by atoms with Gasteiger partial charge in [0.2, 0.25) is 0 Å². The lowest BCUT2D eigenvalue weighted by atomic mass is 10.0. The number of likely N-dealkylation sites (tertiary alicyclic amines) is 1. The molecule has 2 aromatic carbocycles. The molecule has 6 nitrogen and oxygen atoms in total. The van der Waals surface area contributed by atoms with E-state index in [2.05, 4.69) is 0 Å². The summed E-state index contributed by atoms with van der Waals surface area (Å²) in [4.78, 5) is 14.9. The zero-order chi connectivity index (χ0) is 19.0. The quantitative estimate of drug-likeness (QED) is 0.810. The van der Waals surface area contributed by atoms with Crippen molar-refractivity contribution in [3.05, 3.63) is 53.6 Å². The van der Waals surface area contributed by atoms with Crippen LogP contribution in [-0.2, 0) is 16.4 Å². The van der Waals surface area contributed by atoms with Crippen molar-refractivity contribution >= 4 is 21.6 Å². The Morgan fingerprint density at radius 1 is 1.00 bits per heavy atom. The first-order valence-electron chi connectivity index (χ1n) is 9.10. The Labute approximate surface area is 159 Å². The van der Waals surface area contributed by atoms with Crippen LogP contribution in [0.2, 0.25) is 0 Å². The van der Waals surface area contributed by atoms with Crippen molar-refractivity contribution in [1.82, 2.24) is 4.90 Å². The number of sulfonamides is 1. The Morgan fingerprint density at radius 3 is 2.37 bits per heavy atom. The summed E-state index contributed by atoms with van der Waals surface area (Å²) in [5.74, 6) is 0.613. The SMILES string of the molecule is COc1ccc(S(=O)(=O)N2CCc3c(C(=O)N4CCCC4)cccc32)cc1. The summed E-state index contributed by atoms with van der Waals surface area (Å²) in [6.07, 6.45) is 2.60. The molecule has 142 valence electrons. The van der Waals surface area contributed by atoms with Crippen LogP contribution >= 0.6 is 0 Å². The van der Waals surface area contributed by atoms with E-state index in [1.165, 1.54) is 4.31 Å². The lowest BCUT2D eigenvalue weighted by Crippen LogP contribution is -2.29. The summed E-state index contributed by atoms with van der Waals surface area (Å²) in [6.45, 7) is 1.89. The number of carbonyl (C=O) groups excluding carboxylic acids is 1. The molecule has 0 saturated carbocycles. The van der Waals surface area contributed by atoms with Gasteiger partial charge >= 0.3 is 0 Å². The highest BCUT2D eigenvalue weighted by molar-refractivity contribution is 7.92. The van der Waals surface area contributed by atoms with Gasteiger partial charge in [-0.1, -0.05) is 6.07 Å². The van der Waals surface area contributed by atoms with Crippen LogP contribution < -0.4 is 9.04 Å². The van der Waals surface area contributed by atoms with Crippen LogP contribution in [0.25, 0.3) is 0 Å². The highest BCUT2D eigenvalue weighted by Gasteiger charge is 2.34. The maximum absolute atomic E-state index is 13.1. The molecule has 4 rings (SSSR count). The largest absolute Gasteiger partial charge is 0.497 e. The van der Waals surface area contributed by atoms with Gasteiger partial charge in [0.05, 0.1) is 17.7 Å². The van der Waals surface area contributed by atoms with Crippen LogP contribution in [0, 0.1) is 0 Å².